The number of nitrogens with zero attached hydrogens (tertiary/aromatic N) is 4. The van der Waals surface area contributed by atoms with Crippen LogP contribution in [0.5, 0.6) is 0 Å². The first-order chi connectivity index (χ1) is 13.9. The monoisotopic (exact) mass is 395 g/mol. The van der Waals surface area contributed by atoms with Gasteiger partial charge in [0.15, 0.2) is 11.5 Å². The van der Waals surface area contributed by atoms with Crippen LogP contribution in [0, 0.1) is 5.82 Å². The van der Waals surface area contributed by atoms with E-state index in [1.54, 1.807) is 23.0 Å². The molecule has 7 nitrogen and oxygen atoms in total. The minimum absolute atomic E-state index is 0.167. The van der Waals surface area contributed by atoms with Gasteiger partial charge in [0.2, 0.25) is 0 Å². The van der Waals surface area contributed by atoms with Gasteiger partial charge >= 0.3 is 0 Å². The van der Waals surface area contributed by atoms with Crippen molar-refractivity contribution in [1.82, 2.24) is 24.8 Å². The van der Waals surface area contributed by atoms with Gasteiger partial charge in [-0.1, -0.05) is 5.16 Å². The number of aryl methyl sites for hydroxylation is 2. The van der Waals surface area contributed by atoms with E-state index in [2.05, 4.69) is 15.6 Å². The Bertz CT molecular complexity index is 1170. The Hall–Kier alpha value is -3.42. The molecule has 0 aliphatic carbocycles. The topological polar surface area (TPSA) is 77.9 Å². The molecule has 1 amide bonds. The van der Waals surface area contributed by atoms with Crippen LogP contribution in [0.15, 0.2) is 47.4 Å². The number of hydrogen-bond acceptors (Lipinski definition) is 4. The summed E-state index contributed by atoms with van der Waals surface area (Å²) in [6, 6.07) is 6.17. The maximum absolute atomic E-state index is 13.7. The highest BCUT2D eigenvalue weighted by Gasteiger charge is 2.18. The summed E-state index contributed by atoms with van der Waals surface area (Å²) in [5.41, 5.74) is 2.90. The lowest BCUT2D eigenvalue weighted by atomic mass is 10.1. The lowest BCUT2D eigenvalue weighted by Gasteiger charge is -2.12. The number of carbonyl (C=O) groups is 1. The predicted octanol–water partition coefficient (Wildman–Crippen LogP) is 3.55. The maximum atomic E-state index is 13.7. The van der Waals surface area contributed by atoms with Crippen molar-refractivity contribution >= 4 is 16.8 Å². The highest BCUT2D eigenvalue weighted by molar-refractivity contribution is 5.93. The van der Waals surface area contributed by atoms with Gasteiger partial charge in [0.25, 0.3) is 5.91 Å². The largest absolute Gasteiger partial charge is 0.355 e. The quantitative estimate of drug-likeness (QED) is 0.542. The zero-order chi connectivity index (χ0) is 20.5. The van der Waals surface area contributed by atoms with Crippen molar-refractivity contribution in [2.24, 2.45) is 7.05 Å². The number of carbonyl (C=O) groups excluding carboxylic acids is 1. The average Bonchev–Trinajstić information content (AvgIpc) is 3.41. The number of benzene rings is 1. The van der Waals surface area contributed by atoms with Gasteiger partial charge in [0.05, 0.1) is 11.8 Å². The van der Waals surface area contributed by atoms with Crippen LogP contribution in [0.2, 0.25) is 0 Å². The number of aromatic nitrogens is 4. The zero-order valence-corrected chi connectivity index (χ0v) is 16.5. The lowest BCUT2D eigenvalue weighted by molar-refractivity contribution is 0.0931. The molecule has 8 heteroatoms. The van der Waals surface area contributed by atoms with E-state index in [0.29, 0.717) is 12.2 Å². The van der Waals surface area contributed by atoms with Gasteiger partial charge in [-0.25, -0.2) is 4.39 Å². The third-order valence-electron chi connectivity index (χ3n) is 4.92. The van der Waals surface area contributed by atoms with E-state index in [4.69, 9.17) is 4.52 Å². The van der Waals surface area contributed by atoms with Gasteiger partial charge in [-0.15, -0.1) is 0 Å². The second-order valence-corrected chi connectivity index (χ2v) is 7.17. The molecule has 3 heterocycles. The molecule has 0 saturated carbocycles. The smallest absolute Gasteiger partial charge is 0.273 e. The van der Waals surface area contributed by atoms with Crippen LogP contribution in [0.3, 0.4) is 0 Å². The third kappa shape index (κ3) is 3.78. The van der Waals surface area contributed by atoms with E-state index in [1.165, 1.54) is 12.1 Å². The molecule has 1 N–H and O–H groups in total. The number of rotatable bonds is 6. The fraction of sp³-hybridized carbons (Fsp3) is 0.286. The first-order valence-corrected chi connectivity index (χ1v) is 9.48. The number of hydrogen-bond donors (Lipinski definition) is 1. The third-order valence-corrected chi connectivity index (χ3v) is 4.92. The van der Waals surface area contributed by atoms with Crippen molar-refractivity contribution in [2.45, 2.75) is 32.9 Å². The molecular weight excluding hydrogens is 373 g/mol. The van der Waals surface area contributed by atoms with Crippen molar-refractivity contribution in [3.8, 4) is 11.3 Å². The Kier molecular flexibility index (Phi) is 4.92. The first-order valence-electron chi connectivity index (χ1n) is 9.48. The minimum Gasteiger partial charge on any atom is -0.355 e. The zero-order valence-electron chi connectivity index (χ0n) is 16.5. The molecule has 4 rings (SSSR count). The van der Waals surface area contributed by atoms with Gasteiger partial charge in [0.1, 0.15) is 5.82 Å². The highest BCUT2D eigenvalue weighted by atomic mass is 19.1. The standard InChI is InChI=1S/C21H22FN5O2/c1-4-27-12-15(10-23-27)20-9-18(25-29-20)21(28)24-13(2)7-14-11-26(3)19-6-5-16(22)8-17(14)19/h5-6,8-13H,4,7H2,1-3H3,(H,24,28)/t13-/m1/s1. The van der Waals surface area contributed by atoms with Crippen LogP contribution in [-0.2, 0) is 20.0 Å². The van der Waals surface area contributed by atoms with E-state index in [9.17, 15) is 9.18 Å². The second kappa shape index (κ2) is 7.54. The van der Waals surface area contributed by atoms with Crippen LogP contribution < -0.4 is 5.32 Å². The number of fused-ring (bicyclic) bond motifs is 1. The van der Waals surface area contributed by atoms with Crippen LogP contribution in [0.25, 0.3) is 22.2 Å². The van der Waals surface area contributed by atoms with Crippen molar-refractivity contribution in [3.05, 3.63) is 59.9 Å². The van der Waals surface area contributed by atoms with E-state index in [-0.39, 0.29) is 23.5 Å². The molecule has 0 unspecified atom stereocenters. The van der Waals surface area contributed by atoms with Gasteiger partial charge < -0.3 is 14.4 Å². The van der Waals surface area contributed by atoms with Crippen LogP contribution in [-0.4, -0.2) is 31.5 Å². The summed E-state index contributed by atoms with van der Waals surface area (Å²) >= 11 is 0. The average molecular weight is 395 g/mol. The normalized spacial score (nSPS) is 12.4. The van der Waals surface area contributed by atoms with E-state index in [0.717, 1.165) is 28.6 Å². The summed E-state index contributed by atoms with van der Waals surface area (Å²) in [5, 5.41) is 11.8. The van der Waals surface area contributed by atoms with Crippen LogP contribution in [0.4, 0.5) is 4.39 Å². The molecule has 0 bridgehead atoms. The molecule has 4 aromatic rings. The fourth-order valence-electron chi connectivity index (χ4n) is 3.47. The molecule has 0 spiro atoms. The Morgan fingerprint density at radius 2 is 2.14 bits per heavy atom. The van der Waals surface area contributed by atoms with Crippen LogP contribution in [0.1, 0.15) is 29.9 Å². The molecule has 1 aromatic carbocycles. The number of amides is 1. The van der Waals surface area contributed by atoms with Crippen molar-refractivity contribution < 1.29 is 13.7 Å². The van der Waals surface area contributed by atoms with Crippen molar-refractivity contribution in [2.75, 3.05) is 0 Å². The Morgan fingerprint density at radius 3 is 2.90 bits per heavy atom. The van der Waals surface area contributed by atoms with Crippen molar-refractivity contribution in [3.63, 3.8) is 0 Å². The minimum atomic E-state index is -0.318. The summed E-state index contributed by atoms with van der Waals surface area (Å²) in [7, 11) is 1.92. The summed E-state index contributed by atoms with van der Waals surface area (Å²) in [5.74, 6) is -0.100. The molecule has 0 aliphatic rings. The molecule has 3 aromatic heterocycles. The molecule has 150 valence electrons. The first kappa shape index (κ1) is 18.9. The van der Waals surface area contributed by atoms with E-state index in [1.807, 2.05) is 37.9 Å². The van der Waals surface area contributed by atoms with Gasteiger partial charge in [0, 0.05) is 49.0 Å². The summed E-state index contributed by atoms with van der Waals surface area (Å²) < 4.78 is 22.7. The Labute approximate surface area is 167 Å². The maximum Gasteiger partial charge on any atom is 0.273 e. The van der Waals surface area contributed by atoms with E-state index < -0.39 is 0 Å². The molecule has 1 atom stereocenters. The van der Waals surface area contributed by atoms with Gasteiger partial charge in [-0.3, -0.25) is 9.48 Å². The van der Waals surface area contributed by atoms with Gasteiger partial charge in [-0.05, 0) is 44.0 Å². The summed E-state index contributed by atoms with van der Waals surface area (Å²) in [4.78, 5) is 12.6. The molecule has 0 radical (unpaired) electrons. The Balaban J connectivity index is 1.46. The summed E-state index contributed by atoms with van der Waals surface area (Å²) in [6.07, 6.45) is 6.05. The number of halogens is 1. The second-order valence-electron chi connectivity index (χ2n) is 7.17. The van der Waals surface area contributed by atoms with E-state index >= 15 is 0 Å². The number of nitrogens with one attached hydrogen (secondary N) is 1. The Morgan fingerprint density at radius 1 is 1.31 bits per heavy atom. The SMILES string of the molecule is CCn1cc(-c2cc(C(=O)N[C@H](C)Cc3cn(C)c4ccc(F)cc34)no2)cn1. The molecular formula is C21H22FN5O2. The van der Waals surface area contributed by atoms with Gasteiger partial charge in [-0.2, -0.15) is 5.10 Å². The lowest BCUT2D eigenvalue weighted by Crippen LogP contribution is -2.34. The highest BCUT2D eigenvalue weighted by Crippen LogP contribution is 2.23. The van der Waals surface area contributed by atoms with Crippen molar-refractivity contribution in [1.29, 1.82) is 0 Å². The molecule has 0 saturated heterocycles. The predicted molar refractivity (Wildman–Crippen MR) is 107 cm³/mol. The molecule has 0 fully saturated rings. The molecule has 29 heavy (non-hydrogen) atoms. The molecule has 0 aliphatic heterocycles. The fourth-order valence-corrected chi connectivity index (χ4v) is 3.47. The summed E-state index contributed by atoms with van der Waals surface area (Å²) in [6.45, 7) is 4.64. The van der Waals surface area contributed by atoms with Crippen LogP contribution >= 0.6 is 0 Å².